The second-order valence-corrected chi connectivity index (χ2v) is 7.03. The van der Waals surface area contributed by atoms with Gasteiger partial charge in [-0.05, 0) is 25.1 Å². The largest absolute Gasteiger partial charge is 0.497 e. The summed E-state index contributed by atoms with van der Waals surface area (Å²) in [4.78, 5) is 27.7. The monoisotopic (exact) mass is 414 g/mol. The van der Waals surface area contributed by atoms with Gasteiger partial charge in [0.15, 0.2) is 0 Å². The highest BCUT2D eigenvalue weighted by Gasteiger charge is 2.27. The van der Waals surface area contributed by atoms with Crippen LogP contribution in [0, 0.1) is 10.1 Å². The molecule has 1 aliphatic rings. The van der Waals surface area contributed by atoms with Crippen LogP contribution in [0.1, 0.15) is 6.92 Å². The first-order chi connectivity index (χ1) is 14.4. The van der Waals surface area contributed by atoms with Gasteiger partial charge in [-0.2, -0.15) is 0 Å². The third-order valence-electron chi connectivity index (χ3n) is 5.31. The van der Waals surface area contributed by atoms with E-state index in [1.807, 2.05) is 31.2 Å². The molecule has 9 heteroatoms. The number of benzene rings is 2. The molecule has 2 aromatic carbocycles. The van der Waals surface area contributed by atoms with Crippen molar-refractivity contribution in [2.75, 3.05) is 50.6 Å². The van der Waals surface area contributed by atoms with E-state index >= 15 is 0 Å². The number of nitro groups is 1. The van der Waals surface area contributed by atoms with Crippen LogP contribution in [0.25, 0.3) is 0 Å². The fraction of sp³-hybridized carbons (Fsp3) is 0.381. The van der Waals surface area contributed by atoms with E-state index in [1.165, 1.54) is 25.3 Å². The molecular weight excluding hydrogens is 388 g/mol. The van der Waals surface area contributed by atoms with Gasteiger partial charge in [0.05, 0.1) is 30.9 Å². The Bertz CT molecular complexity index is 912. The van der Waals surface area contributed by atoms with Crippen LogP contribution in [-0.4, -0.2) is 62.2 Å². The minimum absolute atomic E-state index is 0.106. The van der Waals surface area contributed by atoms with Crippen molar-refractivity contribution in [3.8, 4) is 11.5 Å². The highest BCUT2D eigenvalue weighted by Crippen LogP contribution is 2.29. The van der Waals surface area contributed by atoms with Crippen molar-refractivity contribution < 1.29 is 19.2 Å². The van der Waals surface area contributed by atoms with Gasteiger partial charge in [-0.15, -0.1) is 0 Å². The molecule has 0 aliphatic carbocycles. The average molecular weight is 414 g/mol. The number of rotatable bonds is 7. The van der Waals surface area contributed by atoms with Crippen molar-refractivity contribution >= 4 is 23.0 Å². The summed E-state index contributed by atoms with van der Waals surface area (Å²) in [5.74, 6) is 0.959. The van der Waals surface area contributed by atoms with Gasteiger partial charge in [-0.3, -0.25) is 19.8 Å². The van der Waals surface area contributed by atoms with Crippen molar-refractivity contribution in [1.29, 1.82) is 0 Å². The van der Waals surface area contributed by atoms with E-state index in [4.69, 9.17) is 9.47 Å². The van der Waals surface area contributed by atoms with E-state index in [-0.39, 0.29) is 17.6 Å². The maximum Gasteiger partial charge on any atom is 0.271 e. The standard InChI is InChI=1S/C21H26N4O5/c1-15(21(26)22-19-14-17(25(27)28)7-8-20(19)30-3)23-9-11-24(12-10-23)16-5-4-6-18(13-16)29-2/h4-8,13-15H,9-12H2,1-3H3,(H,22,26). The summed E-state index contributed by atoms with van der Waals surface area (Å²) in [5.41, 5.74) is 1.27. The van der Waals surface area contributed by atoms with Crippen LogP contribution < -0.4 is 19.7 Å². The van der Waals surface area contributed by atoms with Crippen LogP contribution in [0.3, 0.4) is 0 Å². The molecular formula is C21H26N4O5. The Morgan fingerprint density at radius 1 is 1.10 bits per heavy atom. The van der Waals surface area contributed by atoms with Gasteiger partial charge in [0, 0.05) is 50.1 Å². The minimum atomic E-state index is -0.504. The van der Waals surface area contributed by atoms with E-state index in [2.05, 4.69) is 15.1 Å². The smallest absolute Gasteiger partial charge is 0.271 e. The molecule has 0 saturated carbocycles. The van der Waals surface area contributed by atoms with Gasteiger partial charge >= 0.3 is 0 Å². The molecule has 160 valence electrons. The number of hydrogen-bond acceptors (Lipinski definition) is 7. The SMILES string of the molecule is COc1cccc(N2CCN(C(C)C(=O)Nc3cc([N+](=O)[O-])ccc3OC)CC2)c1. The van der Waals surface area contributed by atoms with Gasteiger partial charge in [-0.1, -0.05) is 6.07 Å². The number of nitrogens with zero attached hydrogens (tertiary/aromatic N) is 3. The predicted octanol–water partition coefficient (Wildman–Crippen LogP) is 2.76. The first kappa shape index (κ1) is 21.4. The lowest BCUT2D eigenvalue weighted by Crippen LogP contribution is -2.52. The van der Waals surface area contributed by atoms with Crippen molar-refractivity contribution in [3.05, 3.63) is 52.6 Å². The summed E-state index contributed by atoms with van der Waals surface area (Å²) in [7, 11) is 3.10. The fourth-order valence-corrected chi connectivity index (χ4v) is 3.48. The zero-order valence-electron chi connectivity index (χ0n) is 17.3. The number of hydrogen-bond donors (Lipinski definition) is 1. The Morgan fingerprint density at radius 2 is 1.83 bits per heavy atom. The molecule has 0 spiro atoms. The van der Waals surface area contributed by atoms with Crippen molar-refractivity contribution in [2.45, 2.75) is 13.0 Å². The third-order valence-corrected chi connectivity index (χ3v) is 5.31. The quantitative estimate of drug-likeness (QED) is 0.550. The number of carbonyl (C=O) groups excluding carboxylic acids is 1. The number of piperazine rings is 1. The summed E-state index contributed by atoms with van der Waals surface area (Å²) in [6, 6.07) is 11.7. The molecule has 1 aliphatic heterocycles. The fourth-order valence-electron chi connectivity index (χ4n) is 3.48. The van der Waals surface area contributed by atoms with E-state index in [9.17, 15) is 14.9 Å². The summed E-state index contributed by atoms with van der Waals surface area (Å²) in [6.45, 7) is 4.84. The molecule has 30 heavy (non-hydrogen) atoms. The van der Waals surface area contributed by atoms with Crippen LogP contribution in [0.15, 0.2) is 42.5 Å². The number of nitrogens with one attached hydrogen (secondary N) is 1. The lowest BCUT2D eigenvalue weighted by Gasteiger charge is -2.38. The number of nitro benzene ring substituents is 1. The van der Waals surface area contributed by atoms with E-state index in [0.717, 1.165) is 37.6 Å². The van der Waals surface area contributed by atoms with E-state index in [0.29, 0.717) is 11.4 Å². The lowest BCUT2D eigenvalue weighted by atomic mass is 10.2. The van der Waals surface area contributed by atoms with Crippen LogP contribution in [0.4, 0.5) is 17.1 Å². The molecule has 1 N–H and O–H groups in total. The molecule has 1 atom stereocenters. The Hall–Kier alpha value is -3.33. The molecule has 1 unspecified atom stereocenters. The number of carbonyl (C=O) groups is 1. The number of methoxy groups -OCH3 is 2. The van der Waals surface area contributed by atoms with E-state index in [1.54, 1.807) is 7.11 Å². The number of non-ortho nitro benzene ring substituents is 1. The van der Waals surface area contributed by atoms with Crippen molar-refractivity contribution in [2.24, 2.45) is 0 Å². The lowest BCUT2D eigenvalue weighted by molar-refractivity contribution is -0.384. The van der Waals surface area contributed by atoms with Gasteiger partial charge in [-0.25, -0.2) is 0 Å². The Labute approximate surface area is 175 Å². The Kier molecular flexibility index (Phi) is 6.73. The zero-order chi connectivity index (χ0) is 21.7. The highest BCUT2D eigenvalue weighted by molar-refractivity contribution is 5.96. The molecule has 1 heterocycles. The molecule has 0 aromatic heterocycles. The predicted molar refractivity (Wildman–Crippen MR) is 115 cm³/mol. The van der Waals surface area contributed by atoms with Crippen LogP contribution in [0.2, 0.25) is 0 Å². The van der Waals surface area contributed by atoms with Crippen molar-refractivity contribution in [3.63, 3.8) is 0 Å². The second kappa shape index (κ2) is 9.45. The Morgan fingerprint density at radius 3 is 2.47 bits per heavy atom. The highest BCUT2D eigenvalue weighted by atomic mass is 16.6. The summed E-state index contributed by atoms with van der Waals surface area (Å²) >= 11 is 0. The van der Waals surface area contributed by atoms with Gasteiger partial charge in [0.2, 0.25) is 5.91 Å². The molecule has 3 rings (SSSR count). The van der Waals surface area contributed by atoms with Crippen LogP contribution in [0.5, 0.6) is 11.5 Å². The van der Waals surface area contributed by atoms with E-state index < -0.39 is 4.92 Å². The van der Waals surface area contributed by atoms with Gasteiger partial charge < -0.3 is 19.7 Å². The normalized spacial score (nSPS) is 15.4. The molecule has 9 nitrogen and oxygen atoms in total. The summed E-state index contributed by atoms with van der Waals surface area (Å²) in [5, 5.41) is 13.8. The minimum Gasteiger partial charge on any atom is -0.497 e. The van der Waals surface area contributed by atoms with Crippen LogP contribution in [-0.2, 0) is 4.79 Å². The molecule has 0 radical (unpaired) electrons. The first-order valence-corrected chi connectivity index (χ1v) is 9.69. The topological polar surface area (TPSA) is 97.2 Å². The summed E-state index contributed by atoms with van der Waals surface area (Å²) in [6.07, 6.45) is 0. The third kappa shape index (κ3) is 4.80. The number of ether oxygens (including phenoxy) is 2. The van der Waals surface area contributed by atoms with Crippen LogP contribution >= 0.6 is 0 Å². The summed E-state index contributed by atoms with van der Waals surface area (Å²) < 4.78 is 10.5. The number of anilines is 2. The second-order valence-electron chi connectivity index (χ2n) is 7.03. The first-order valence-electron chi connectivity index (χ1n) is 9.69. The van der Waals surface area contributed by atoms with Gasteiger partial charge in [0.25, 0.3) is 5.69 Å². The molecule has 1 saturated heterocycles. The molecule has 1 fully saturated rings. The number of amides is 1. The molecule has 0 bridgehead atoms. The van der Waals surface area contributed by atoms with Gasteiger partial charge in [0.1, 0.15) is 11.5 Å². The van der Waals surface area contributed by atoms with Crippen molar-refractivity contribution in [1.82, 2.24) is 4.90 Å². The zero-order valence-corrected chi connectivity index (χ0v) is 17.3. The Balaban J connectivity index is 1.62. The molecule has 1 amide bonds. The molecule has 2 aromatic rings. The average Bonchev–Trinajstić information content (AvgIpc) is 2.78. The maximum absolute atomic E-state index is 12.8. The maximum atomic E-state index is 12.8.